The molecular formula is C18H23NO3S. The van der Waals surface area contributed by atoms with Crippen LogP contribution in [-0.4, -0.2) is 13.5 Å². The molecule has 0 unspecified atom stereocenters. The van der Waals surface area contributed by atoms with Crippen molar-refractivity contribution in [3.63, 3.8) is 0 Å². The third-order valence-electron chi connectivity index (χ3n) is 4.21. The minimum Gasteiger partial charge on any atom is -0.506 e. The van der Waals surface area contributed by atoms with Crippen molar-refractivity contribution in [1.29, 1.82) is 0 Å². The monoisotopic (exact) mass is 333 g/mol. The van der Waals surface area contributed by atoms with Crippen molar-refractivity contribution < 1.29 is 13.5 Å². The molecule has 0 aliphatic rings. The first-order valence-electron chi connectivity index (χ1n) is 7.59. The lowest BCUT2D eigenvalue weighted by molar-refractivity contribution is 0.474. The maximum absolute atomic E-state index is 12.5. The summed E-state index contributed by atoms with van der Waals surface area (Å²) in [5, 5.41) is 10.0. The maximum atomic E-state index is 12.5. The van der Waals surface area contributed by atoms with E-state index in [2.05, 4.69) is 25.5 Å². The van der Waals surface area contributed by atoms with Crippen LogP contribution in [0, 0.1) is 6.92 Å². The van der Waals surface area contributed by atoms with Gasteiger partial charge in [-0.3, -0.25) is 4.72 Å². The van der Waals surface area contributed by atoms with Gasteiger partial charge in [-0.15, -0.1) is 0 Å². The predicted molar refractivity (Wildman–Crippen MR) is 93.4 cm³/mol. The summed E-state index contributed by atoms with van der Waals surface area (Å²) in [5.74, 6) is -0.0862. The van der Waals surface area contributed by atoms with Gasteiger partial charge in [0.25, 0.3) is 10.0 Å². The lowest BCUT2D eigenvalue weighted by Gasteiger charge is -2.24. The average molecular weight is 333 g/mol. The molecular weight excluding hydrogens is 310 g/mol. The molecule has 4 nitrogen and oxygen atoms in total. The largest absolute Gasteiger partial charge is 0.506 e. The van der Waals surface area contributed by atoms with Crippen LogP contribution in [0.2, 0.25) is 0 Å². The average Bonchev–Trinajstić information content (AvgIpc) is 2.49. The highest BCUT2D eigenvalue weighted by Gasteiger charge is 2.21. The van der Waals surface area contributed by atoms with Gasteiger partial charge in [-0.1, -0.05) is 39.0 Å². The Kier molecular flexibility index (Phi) is 4.71. The molecule has 23 heavy (non-hydrogen) atoms. The molecule has 0 spiro atoms. The quantitative estimate of drug-likeness (QED) is 0.806. The Hall–Kier alpha value is -2.01. The second kappa shape index (κ2) is 6.24. The minimum absolute atomic E-state index is 0.0862. The van der Waals surface area contributed by atoms with E-state index < -0.39 is 10.0 Å². The number of anilines is 1. The minimum atomic E-state index is -3.74. The van der Waals surface area contributed by atoms with Crippen LogP contribution in [0.3, 0.4) is 0 Å². The lowest BCUT2D eigenvalue weighted by atomic mass is 9.82. The molecule has 0 aliphatic carbocycles. The maximum Gasteiger partial charge on any atom is 0.262 e. The Morgan fingerprint density at radius 1 is 1.13 bits per heavy atom. The highest BCUT2D eigenvalue weighted by Crippen LogP contribution is 2.34. The zero-order valence-corrected chi connectivity index (χ0v) is 14.7. The van der Waals surface area contributed by atoms with Crippen molar-refractivity contribution in [2.24, 2.45) is 0 Å². The first-order chi connectivity index (χ1) is 10.7. The van der Waals surface area contributed by atoms with E-state index in [9.17, 15) is 13.5 Å². The van der Waals surface area contributed by atoms with Crippen molar-refractivity contribution in [1.82, 2.24) is 0 Å². The molecule has 0 aliphatic heterocycles. The molecule has 0 saturated carbocycles. The number of rotatable bonds is 5. The van der Waals surface area contributed by atoms with Crippen LogP contribution in [0.15, 0.2) is 47.4 Å². The Bertz CT molecular complexity index is 811. The smallest absolute Gasteiger partial charge is 0.262 e. The van der Waals surface area contributed by atoms with Crippen LogP contribution in [0.25, 0.3) is 0 Å². The van der Waals surface area contributed by atoms with E-state index in [0.29, 0.717) is 0 Å². The number of hydrogen-bond acceptors (Lipinski definition) is 3. The summed E-state index contributed by atoms with van der Waals surface area (Å²) in [7, 11) is -3.74. The summed E-state index contributed by atoms with van der Waals surface area (Å²) in [4.78, 5) is 0.178. The first kappa shape index (κ1) is 17.3. The third-order valence-corrected chi connectivity index (χ3v) is 5.57. The van der Waals surface area contributed by atoms with E-state index >= 15 is 0 Å². The third kappa shape index (κ3) is 3.85. The fraction of sp³-hybridized carbons (Fsp3) is 0.333. The van der Waals surface area contributed by atoms with Gasteiger partial charge < -0.3 is 5.11 Å². The van der Waals surface area contributed by atoms with Gasteiger partial charge in [0, 0.05) is 0 Å². The molecule has 124 valence electrons. The van der Waals surface area contributed by atoms with Gasteiger partial charge in [-0.2, -0.15) is 0 Å². The fourth-order valence-electron chi connectivity index (χ4n) is 2.23. The van der Waals surface area contributed by atoms with Gasteiger partial charge >= 0.3 is 0 Å². The Balaban J connectivity index is 2.41. The molecule has 5 heteroatoms. The van der Waals surface area contributed by atoms with Gasteiger partial charge in [0.1, 0.15) is 5.75 Å². The molecule has 2 aromatic carbocycles. The van der Waals surface area contributed by atoms with Gasteiger partial charge in [0.15, 0.2) is 0 Å². The molecule has 0 aromatic heterocycles. The second-order valence-electron chi connectivity index (χ2n) is 6.39. The Morgan fingerprint density at radius 2 is 1.83 bits per heavy atom. The molecule has 2 rings (SSSR count). The number of phenols is 1. The summed E-state index contributed by atoms with van der Waals surface area (Å²) in [6.07, 6.45) is 0.905. The summed E-state index contributed by atoms with van der Waals surface area (Å²) in [6.45, 7) is 8.07. The summed E-state index contributed by atoms with van der Waals surface area (Å²) >= 11 is 0. The lowest BCUT2D eigenvalue weighted by Crippen LogP contribution is -2.17. The van der Waals surface area contributed by atoms with Crippen LogP contribution in [0.1, 0.15) is 38.3 Å². The van der Waals surface area contributed by atoms with E-state index in [4.69, 9.17) is 0 Å². The topological polar surface area (TPSA) is 66.4 Å². The van der Waals surface area contributed by atoms with Crippen molar-refractivity contribution in [3.8, 4) is 5.75 Å². The van der Waals surface area contributed by atoms with E-state index in [1.165, 1.54) is 12.1 Å². The van der Waals surface area contributed by atoms with Crippen LogP contribution < -0.4 is 4.72 Å². The number of aryl methyl sites for hydroxylation is 1. The van der Waals surface area contributed by atoms with Crippen LogP contribution in [0.4, 0.5) is 5.69 Å². The molecule has 2 N–H and O–H groups in total. The Labute approximate surface area is 138 Å². The van der Waals surface area contributed by atoms with Crippen LogP contribution in [-0.2, 0) is 15.4 Å². The number of phenolic OH excluding ortho intramolecular Hbond substituents is 1. The number of nitrogens with one attached hydrogen (secondary N) is 1. The molecule has 0 saturated heterocycles. The first-order valence-corrected chi connectivity index (χ1v) is 9.07. The second-order valence-corrected chi connectivity index (χ2v) is 8.07. The van der Waals surface area contributed by atoms with Gasteiger partial charge in [-0.05, 0) is 54.2 Å². The SMILES string of the molecule is CCC(C)(C)c1ccc(O)c(NS(=O)(=O)c2cccc(C)c2)c1. The van der Waals surface area contributed by atoms with E-state index in [1.54, 1.807) is 18.2 Å². The molecule has 2 aromatic rings. The molecule has 0 bridgehead atoms. The van der Waals surface area contributed by atoms with Crippen molar-refractivity contribution in [2.75, 3.05) is 4.72 Å². The van der Waals surface area contributed by atoms with E-state index in [0.717, 1.165) is 17.5 Å². The number of hydrogen-bond donors (Lipinski definition) is 2. The standard InChI is InChI=1S/C18H23NO3S/c1-5-18(3,4)14-9-10-17(20)16(12-14)19-23(21,22)15-8-6-7-13(2)11-15/h6-12,19-20H,5H2,1-4H3. The number of aromatic hydroxyl groups is 1. The van der Waals surface area contributed by atoms with E-state index in [-0.39, 0.29) is 21.7 Å². The summed E-state index contributed by atoms with van der Waals surface area (Å²) < 4.78 is 27.5. The number of sulfonamides is 1. The molecule has 0 atom stereocenters. The Morgan fingerprint density at radius 3 is 2.43 bits per heavy atom. The van der Waals surface area contributed by atoms with E-state index in [1.807, 2.05) is 19.1 Å². The van der Waals surface area contributed by atoms with Crippen LogP contribution in [0.5, 0.6) is 5.75 Å². The summed E-state index contributed by atoms with van der Waals surface area (Å²) in [6, 6.07) is 11.7. The number of benzene rings is 2. The summed E-state index contributed by atoms with van der Waals surface area (Å²) in [5.41, 5.74) is 1.93. The molecule has 0 radical (unpaired) electrons. The normalized spacial score (nSPS) is 12.2. The fourth-order valence-corrected chi connectivity index (χ4v) is 3.40. The van der Waals surface area contributed by atoms with Gasteiger partial charge in [0.05, 0.1) is 10.6 Å². The molecule has 0 heterocycles. The van der Waals surface area contributed by atoms with Crippen molar-refractivity contribution in [2.45, 2.75) is 44.4 Å². The molecule has 0 amide bonds. The predicted octanol–water partition coefficient (Wildman–Crippen LogP) is 4.19. The highest BCUT2D eigenvalue weighted by atomic mass is 32.2. The van der Waals surface area contributed by atoms with Crippen LogP contribution >= 0.6 is 0 Å². The van der Waals surface area contributed by atoms with Gasteiger partial charge in [0.2, 0.25) is 0 Å². The zero-order chi connectivity index (χ0) is 17.3. The highest BCUT2D eigenvalue weighted by molar-refractivity contribution is 7.92. The van der Waals surface area contributed by atoms with Gasteiger partial charge in [-0.25, -0.2) is 8.42 Å². The zero-order valence-electron chi connectivity index (χ0n) is 13.9. The van der Waals surface area contributed by atoms with Crippen molar-refractivity contribution >= 4 is 15.7 Å². The molecule has 0 fully saturated rings. The van der Waals surface area contributed by atoms with Crippen molar-refractivity contribution in [3.05, 3.63) is 53.6 Å².